The fourth-order valence-electron chi connectivity index (χ4n) is 3.41. The topological polar surface area (TPSA) is 78.7 Å². The third-order valence-corrected chi connectivity index (χ3v) is 5.13. The van der Waals surface area contributed by atoms with E-state index in [0.717, 1.165) is 0 Å². The second-order valence-electron chi connectivity index (χ2n) is 7.01. The van der Waals surface area contributed by atoms with Gasteiger partial charge in [0, 0.05) is 43.3 Å². The number of nitrogens with zero attached hydrogens (tertiary/aromatic N) is 3. The molecule has 3 rings (SSSR count). The summed E-state index contributed by atoms with van der Waals surface area (Å²) in [4.78, 5) is 26.9. The van der Waals surface area contributed by atoms with Gasteiger partial charge in [0.15, 0.2) is 0 Å². The Balaban J connectivity index is 1.56. The average molecular weight is 421 g/mol. The average Bonchev–Trinajstić information content (AvgIpc) is 2.69. The molecule has 0 aliphatic carbocycles. The van der Waals surface area contributed by atoms with Crippen molar-refractivity contribution in [3.05, 3.63) is 69.0 Å². The largest absolute Gasteiger partial charge is 0.362 e. The lowest BCUT2D eigenvalue weighted by molar-refractivity contribution is -0.384. The molecule has 0 spiro atoms. The second kappa shape index (κ2) is 9.09. The number of halogens is 2. The van der Waals surface area contributed by atoms with Crippen molar-refractivity contribution in [3.63, 3.8) is 0 Å². The van der Waals surface area contributed by atoms with Gasteiger partial charge in [-0.1, -0.05) is 29.8 Å². The third kappa shape index (κ3) is 5.14. The Hall–Kier alpha value is -2.87. The fourth-order valence-corrected chi connectivity index (χ4v) is 3.57. The molecule has 29 heavy (non-hydrogen) atoms. The van der Waals surface area contributed by atoms with Crippen LogP contribution in [0.5, 0.6) is 0 Å². The van der Waals surface area contributed by atoms with Crippen LogP contribution in [-0.4, -0.2) is 48.1 Å². The molecule has 1 heterocycles. The minimum absolute atomic E-state index is 0.0473. The normalized spacial score (nSPS) is 15.1. The standard InChI is InChI=1S/C20H22ClFN4O3/c1-14(12-15-4-2-3-5-17(15)22)23-20(27)25-10-8-24(9-11-25)18-7-6-16(21)13-19(18)26(28)29/h2-7,13-14H,8-12H2,1H3,(H,23,27). The zero-order valence-electron chi connectivity index (χ0n) is 16.0. The first-order valence-electron chi connectivity index (χ1n) is 9.33. The number of benzene rings is 2. The highest BCUT2D eigenvalue weighted by atomic mass is 35.5. The molecule has 1 atom stereocenters. The zero-order valence-corrected chi connectivity index (χ0v) is 16.7. The molecule has 0 saturated carbocycles. The molecule has 2 aromatic rings. The maximum absolute atomic E-state index is 13.8. The number of rotatable bonds is 5. The van der Waals surface area contributed by atoms with Gasteiger partial charge < -0.3 is 15.1 Å². The van der Waals surface area contributed by atoms with Crippen LogP contribution in [0.15, 0.2) is 42.5 Å². The van der Waals surface area contributed by atoms with Gasteiger partial charge in [0.25, 0.3) is 5.69 Å². The lowest BCUT2D eigenvalue weighted by Gasteiger charge is -2.36. The van der Waals surface area contributed by atoms with Gasteiger partial charge >= 0.3 is 6.03 Å². The van der Waals surface area contributed by atoms with E-state index < -0.39 is 4.92 Å². The summed E-state index contributed by atoms with van der Waals surface area (Å²) in [7, 11) is 0. The van der Waals surface area contributed by atoms with Crippen molar-refractivity contribution in [2.45, 2.75) is 19.4 Å². The van der Waals surface area contributed by atoms with Crippen molar-refractivity contribution in [1.82, 2.24) is 10.2 Å². The highest BCUT2D eigenvalue weighted by Gasteiger charge is 2.26. The molecule has 1 fully saturated rings. The monoisotopic (exact) mass is 420 g/mol. The van der Waals surface area contributed by atoms with Crippen LogP contribution >= 0.6 is 11.6 Å². The zero-order chi connectivity index (χ0) is 21.0. The number of nitro groups is 1. The van der Waals surface area contributed by atoms with Gasteiger partial charge in [-0.3, -0.25) is 10.1 Å². The quantitative estimate of drug-likeness (QED) is 0.588. The summed E-state index contributed by atoms with van der Waals surface area (Å²) in [5.74, 6) is -0.285. The molecule has 2 amide bonds. The minimum atomic E-state index is -0.454. The predicted octanol–water partition coefficient (Wildman–Crippen LogP) is 3.85. The molecule has 154 valence electrons. The number of piperazine rings is 1. The number of carbonyl (C=O) groups excluding carboxylic acids is 1. The van der Waals surface area contributed by atoms with Crippen molar-refractivity contribution < 1.29 is 14.1 Å². The van der Waals surface area contributed by atoms with E-state index in [2.05, 4.69) is 5.32 Å². The Labute approximate surface area is 173 Å². The van der Waals surface area contributed by atoms with Crippen molar-refractivity contribution in [3.8, 4) is 0 Å². The van der Waals surface area contributed by atoms with E-state index in [1.165, 1.54) is 12.1 Å². The van der Waals surface area contributed by atoms with Crippen molar-refractivity contribution in [1.29, 1.82) is 0 Å². The number of hydrogen-bond donors (Lipinski definition) is 1. The van der Waals surface area contributed by atoms with E-state index in [9.17, 15) is 19.3 Å². The van der Waals surface area contributed by atoms with E-state index in [4.69, 9.17) is 11.6 Å². The molecule has 1 aliphatic rings. The van der Waals surface area contributed by atoms with Gasteiger partial charge in [0.2, 0.25) is 0 Å². The number of nitro benzene ring substituents is 1. The van der Waals surface area contributed by atoms with Gasteiger partial charge in [-0.2, -0.15) is 0 Å². The van der Waals surface area contributed by atoms with E-state index in [1.54, 1.807) is 35.2 Å². The highest BCUT2D eigenvalue weighted by molar-refractivity contribution is 6.30. The fraction of sp³-hybridized carbons (Fsp3) is 0.350. The van der Waals surface area contributed by atoms with E-state index in [1.807, 2.05) is 11.8 Å². The number of anilines is 1. The highest BCUT2D eigenvalue weighted by Crippen LogP contribution is 2.31. The number of hydrogen-bond acceptors (Lipinski definition) is 4. The lowest BCUT2D eigenvalue weighted by Crippen LogP contribution is -2.53. The van der Waals surface area contributed by atoms with Crippen molar-refractivity contribution in [2.24, 2.45) is 0 Å². The Bertz CT molecular complexity index is 903. The lowest BCUT2D eigenvalue weighted by atomic mass is 10.1. The molecular formula is C20H22ClFN4O3. The molecule has 0 aromatic heterocycles. The Morgan fingerprint density at radius 3 is 2.59 bits per heavy atom. The van der Waals surface area contributed by atoms with Gasteiger partial charge in [-0.05, 0) is 37.1 Å². The Kier molecular flexibility index (Phi) is 6.53. The summed E-state index contributed by atoms with van der Waals surface area (Å²) in [6.07, 6.45) is 0.398. The number of nitrogens with one attached hydrogen (secondary N) is 1. The van der Waals surface area contributed by atoms with Gasteiger partial charge in [0.05, 0.1) is 4.92 Å². The van der Waals surface area contributed by atoms with E-state index in [-0.39, 0.29) is 23.6 Å². The Morgan fingerprint density at radius 1 is 1.24 bits per heavy atom. The maximum atomic E-state index is 13.8. The maximum Gasteiger partial charge on any atom is 0.317 e. The van der Waals surface area contributed by atoms with Crippen LogP contribution in [0, 0.1) is 15.9 Å². The summed E-state index contributed by atoms with van der Waals surface area (Å²) in [5, 5.41) is 14.5. The summed E-state index contributed by atoms with van der Waals surface area (Å²) in [6, 6.07) is 10.6. The van der Waals surface area contributed by atoms with E-state index >= 15 is 0 Å². The van der Waals surface area contributed by atoms with Gasteiger partial charge in [-0.15, -0.1) is 0 Å². The van der Waals surface area contributed by atoms with Crippen LogP contribution in [0.25, 0.3) is 0 Å². The molecule has 2 aromatic carbocycles. The molecule has 0 bridgehead atoms. The Morgan fingerprint density at radius 2 is 1.93 bits per heavy atom. The summed E-state index contributed by atoms with van der Waals surface area (Å²) in [5.41, 5.74) is 1.00. The van der Waals surface area contributed by atoms with Crippen LogP contribution in [0.3, 0.4) is 0 Å². The molecular weight excluding hydrogens is 399 g/mol. The first kappa shape index (κ1) is 20.9. The first-order chi connectivity index (χ1) is 13.8. The molecule has 9 heteroatoms. The molecule has 1 saturated heterocycles. The number of carbonyl (C=O) groups is 1. The van der Waals surface area contributed by atoms with Gasteiger partial charge in [-0.25, -0.2) is 9.18 Å². The summed E-state index contributed by atoms with van der Waals surface area (Å²) in [6.45, 7) is 3.63. The molecule has 7 nitrogen and oxygen atoms in total. The second-order valence-corrected chi connectivity index (χ2v) is 7.45. The predicted molar refractivity (Wildman–Crippen MR) is 110 cm³/mol. The summed E-state index contributed by atoms with van der Waals surface area (Å²) >= 11 is 5.87. The van der Waals surface area contributed by atoms with Crippen molar-refractivity contribution in [2.75, 3.05) is 31.1 Å². The van der Waals surface area contributed by atoms with Gasteiger partial charge in [0.1, 0.15) is 11.5 Å². The first-order valence-corrected chi connectivity index (χ1v) is 9.70. The number of urea groups is 1. The van der Waals surface area contributed by atoms with Crippen LogP contribution in [0.2, 0.25) is 5.02 Å². The van der Waals surface area contributed by atoms with E-state index in [0.29, 0.717) is 48.9 Å². The third-order valence-electron chi connectivity index (χ3n) is 4.90. The smallest absolute Gasteiger partial charge is 0.317 e. The molecule has 1 aliphatic heterocycles. The SMILES string of the molecule is CC(Cc1ccccc1F)NC(=O)N1CCN(c2ccc(Cl)cc2[N+](=O)[O-])CC1. The van der Waals surface area contributed by atoms with Crippen LogP contribution in [-0.2, 0) is 6.42 Å². The molecule has 1 N–H and O–H groups in total. The van der Waals surface area contributed by atoms with Crippen molar-refractivity contribution >= 4 is 29.0 Å². The summed E-state index contributed by atoms with van der Waals surface area (Å²) < 4.78 is 13.8. The van der Waals surface area contributed by atoms with Crippen LogP contribution in [0.1, 0.15) is 12.5 Å². The van der Waals surface area contributed by atoms with Crippen LogP contribution < -0.4 is 10.2 Å². The number of amides is 2. The molecule has 0 radical (unpaired) electrons. The molecule has 1 unspecified atom stereocenters. The minimum Gasteiger partial charge on any atom is -0.362 e. The van der Waals surface area contributed by atoms with Crippen LogP contribution in [0.4, 0.5) is 20.6 Å².